The van der Waals surface area contributed by atoms with E-state index in [0.717, 1.165) is 19.4 Å². The Hall–Kier alpha value is -0.930. The van der Waals surface area contributed by atoms with Gasteiger partial charge in [-0.3, -0.25) is 4.98 Å². The summed E-state index contributed by atoms with van der Waals surface area (Å²) in [5, 5.41) is 0. The van der Waals surface area contributed by atoms with Crippen LogP contribution in [0.5, 0.6) is 0 Å². The first-order valence-electron chi connectivity index (χ1n) is 5.12. The van der Waals surface area contributed by atoms with Gasteiger partial charge in [0, 0.05) is 24.5 Å². The van der Waals surface area contributed by atoms with E-state index >= 15 is 0 Å². The SMILES string of the molecule is CN1CCC(N)C1Cc1cccnc1. The van der Waals surface area contributed by atoms with E-state index in [4.69, 9.17) is 5.73 Å². The summed E-state index contributed by atoms with van der Waals surface area (Å²) in [6, 6.07) is 4.90. The van der Waals surface area contributed by atoms with Gasteiger partial charge in [-0.25, -0.2) is 0 Å². The van der Waals surface area contributed by atoms with E-state index in [1.54, 1.807) is 0 Å². The fourth-order valence-corrected chi connectivity index (χ4v) is 2.11. The summed E-state index contributed by atoms with van der Waals surface area (Å²) in [6.07, 6.45) is 5.87. The molecule has 2 atom stereocenters. The summed E-state index contributed by atoms with van der Waals surface area (Å²) in [7, 11) is 2.15. The number of pyridine rings is 1. The molecule has 1 saturated heterocycles. The van der Waals surface area contributed by atoms with Crippen LogP contribution in [0, 0.1) is 0 Å². The van der Waals surface area contributed by atoms with Gasteiger partial charge < -0.3 is 10.6 Å². The largest absolute Gasteiger partial charge is 0.326 e. The van der Waals surface area contributed by atoms with Gasteiger partial charge in [0.15, 0.2) is 0 Å². The summed E-state index contributed by atoms with van der Waals surface area (Å²) in [4.78, 5) is 6.46. The molecular weight excluding hydrogens is 174 g/mol. The predicted octanol–water partition coefficient (Wildman–Crippen LogP) is 0.655. The normalized spacial score (nSPS) is 28.1. The monoisotopic (exact) mass is 191 g/mol. The lowest BCUT2D eigenvalue weighted by molar-refractivity contribution is 0.296. The van der Waals surface area contributed by atoms with Crippen LogP contribution in [0.15, 0.2) is 24.5 Å². The van der Waals surface area contributed by atoms with Gasteiger partial charge in [0.25, 0.3) is 0 Å². The molecule has 3 heteroatoms. The van der Waals surface area contributed by atoms with Crippen molar-refractivity contribution in [2.75, 3.05) is 13.6 Å². The Kier molecular flexibility index (Phi) is 2.79. The van der Waals surface area contributed by atoms with E-state index in [0.29, 0.717) is 12.1 Å². The van der Waals surface area contributed by atoms with Crippen LogP contribution in [0.4, 0.5) is 0 Å². The summed E-state index contributed by atoms with van der Waals surface area (Å²) < 4.78 is 0. The number of likely N-dealkylation sites (tertiary alicyclic amines) is 1. The van der Waals surface area contributed by atoms with E-state index in [1.807, 2.05) is 18.5 Å². The number of hydrogen-bond donors (Lipinski definition) is 1. The van der Waals surface area contributed by atoms with Crippen molar-refractivity contribution < 1.29 is 0 Å². The van der Waals surface area contributed by atoms with Crippen molar-refractivity contribution in [2.45, 2.75) is 24.9 Å². The van der Waals surface area contributed by atoms with Gasteiger partial charge in [-0.15, -0.1) is 0 Å². The summed E-state index contributed by atoms with van der Waals surface area (Å²) in [5.41, 5.74) is 7.33. The van der Waals surface area contributed by atoms with Gasteiger partial charge in [-0.1, -0.05) is 6.07 Å². The molecular formula is C11H17N3. The summed E-state index contributed by atoms with van der Waals surface area (Å²) in [6.45, 7) is 1.12. The first-order valence-corrected chi connectivity index (χ1v) is 5.12. The molecule has 0 spiro atoms. The second-order valence-corrected chi connectivity index (χ2v) is 4.07. The Morgan fingerprint density at radius 2 is 2.50 bits per heavy atom. The van der Waals surface area contributed by atoms with Crippen LogP contribution in [-0.4, -0.2) is 35.6 Å². The van der Waals surface area contributed by atoms with Gasteiger partial charge in [-0.05, 0) is 38.1 Å². The zero-order chi connectivity index (χ0) is 9.97. The average Bonchev–Trinajstić information content (AvgIpc) is 2.51. The van der Waals surface area contributed by atoms with Crippen molar-refractivity contribution >= 4 is 0 Å². The second kappa shape index (κ2) is 4.07. The maximum Gasteiger partial charge on any atom is 0.0300 e. The zero-order valence-corrected chi connectivity index (χ0v) is 8.56. The molecule has 2 N–H and O–H groups in total. The third kappa shape index (κ3) is 1.94. The lowest BCUT2D eigenvalue weighted by atomic mass is 10.0. The van der Waals surface area contributed by atoms with Crippen molar-refractivity contribution in [3.05, 3.63) is 30.1 Å². The Morgan fingerprint density at radius 1 is 1.64 bits per heavy atom. The van der Waals surface area contributed by atoms with E-state index in [-0.39, 0.29) is 0 Å². The van der Waals surface area contributed by atoms with E-state index < -0.39 is 0 Å². The number of hydrogen-bond acceptors (Lipinski definition) is 3. The average molecular weight is 191 g/mol. The van der Waals surface area contributed by atoms with Crippen LogP contribution in [0.25, 0.3) is 0 Å². The smallest absolute Gasteiger partial charge is 0.0300 e. The van der Waals surface area contributed by atoms with Crippen molar-refractivity contribution in [3.8, 4) is 0 Å². The van der Waals surface area contributed by atoms with Crippen LogP contribution in [-0.2, 0) is 6.42 Å². The second-order valence-electron chi connectivity index (χ2n) is 4.07. The zero-order valence-electron chi connectivity index (χ0n) is 8.56. The van der Waals surface area contributed by atoms with Gasteiger partial charge in [-0.2, -0.15) is 0 Å². The molecule has 0 amide bonds. The quantitative estimate of drug-likeness (QED) is 0.746. The minimum absolute atomic E-state index is 0.320. The highest BCUT2D eigenvalue weighted by Crippen LogP contribution is 2.17. The molecule has 1 aliphatic rings. The lowest BCUT2D eigenvalue weighted by Gasteiger charge is -2.22. The lowest BCUT2D eigenvalue weighted by Crippen LogP contribution is -2.39. The fraction of sp³-hybridized carbons (Fsp3) is 0.545. The van der Waals surface area contributed by atoms with Crippen LogP contribution in [0.1, 0.15) is 12.0 Å². The Morgan fingerprint density at radius 3 is 3.07 bits per heavy atom. The molecule has 0 aliphatic carbocycles. The highest BCUT2D eigenvalue weighted by Gasteiger charge is 2.28. The number of aromatic nitrogens is 1. The van der Waals surface area contributed by atoms with Crippen molar-refractivity contribution in [1.29, 1.82) is 0 Å². The molecule has 1 aliphatic heterocycles. The Balaban J connectivity index is 2.04. The molecule has 0 saturated carbocycles. The molecule has 1 fully saturated rings. The molecule has 0 bridgehead atoms. The third-order valence-electron chi connectivity index (χ3n) is 3.04. The minimum Gasteiger partial charge on any atom is -0.326 e. The van der Waals surface area contributed by atoms with Crippen molar-refractivity contribution in [2.24, 2.45) is 5.73 Å². The van der Waals surface area contributed by atoms with Crippen LogP contribution in [0.2, 0.25) is 0 Å². The number of likely N-dealkylation sites (N-methyl/N-ethyl adjacent to an activating group) is 1. The van der Waals surface area contributed by atoms with Crippen molar-refractivity contribution in [3.63, 3.8) is 0 Å². The maximum atomic E-state index is 6.06. The molecule has 2 heterocycles. The number of rotatable bonds is 2. The van der Waals surface area contributed by atoms with Crippen LogP contribution >= 0.6 is 0 Å². The highest BCUT2D eigenvalue weighted by atomic mass is 15.2. The molecule has 14 heavy (non-hydrogen) atoms. The standard InChI is InChI=1S/C11H17N3/c1-14-6-4-10(12)11(14)7-9-3-2-5-13-8-9/h2-3,5,8,10-11H,4,6-7,12H2,1H3. The van der Waals surface area contributed by atoms with E-state index in [2.05, 4.69) is 23.0 Å². The van der Waals surface area contributed by atoms with E-state index in [9.17, 15) is 0 Å². The van der Waals surface area contributed by atoms with Gasteiger partial charge in [0.1, 0.15) is 0 Å². The number of nitrogens with two attached hydrogens (primary N) is 1. The topological polar surface area (TPSA) is 42.1 Å². The molecule has 1 aromatic heterocycles. The Labute approximate surface area is 84.9 Å². The molecule has 3 nitrogen and oxygen atoms in total. The maximum absolute atomic E-state index is 6.06. The summed E-state index contributed by atoms with van der Waals surface area (Å²) >= 11 is 0. The Bertz CT molecular complexity index is 276. The van der Waals surface area contributed by atoms with Crippen LogP contribution in [0.3, 0.4) is 0 Å². The first kappa shape index (κ1) is 9.62. The molecule has 2 rings (SSSR count). The minimum atomic E-state index is 0.320. The number of nitrogens with zero attached hydrogens (tertiary/aromatic N) is 2. The van der Waals surface area contributed by atoms with Gasteiger partial charge >= 0.3 is 0 Å². The van der Waals surface area contributed by atoms with Crippen LogP contribution < -0.4 is 5.73 Å². The predicted molar refractivity (Wildman–Crippen MR) is 57.0 cm³/mol. The fourth-order valence-electron chi connectivity index (χ4n) is 2.11. The highest BCUT2D eigenvalue weighted by molar-refractivity contribution is 5.12. The summed E-state index contributed by atoms with van der Waals surface area (Å²) in [5.74, 6) is 0. The van der Waals surface area contributed by atoms with E-state index in [1.165, 1.54) is 5.56 Å². The molecule has 1 aromatic rings. The van der Waals surface area contributed by atoms with Gasteiger partial charge in [0.2, 0.25) is 0 Å². The molecule has 0 aromatic carbocycles. The van der Waals surface area contributed by atoms with Gasteiger partial charge in [0.05, 0.1) is 0 Å². The third-order valence-corrected chi connectivity index (χ3v) is 3.04. The molecule has 0 radical (unpaired) electrons. The first-order chi connectivity index (χ1) is 6.77. The molecule has 76 valence electrons. The molecule has 2 unspecified atom stereocenters. The van der Waals surface area contributed by atoms with Crippen molar-refractivity contribution in [1.82, 2.24) is 9.88 Å².